The third-order valence-electron chi connectivity index (χ3n) is 2.40. The summed E-state index contributed by atoms with van der Waals surface area (Å²) in [5.41, 5.74) is -1.16. The fourth-order valence-electron chi connectivity index (χ4n) is 1.63. The summed E-state index contributed by atoms with van der Waals surface area (Å²) in [6, 6.07) is 1.13. The molecule has 102 valence electrons. The predicted molar refractivity (Wildman–Crippen MR) is 68.1 cm³/mol. The van der Waals surface area contributed by atoms with Crippen molar-refractivity contribution in [2.45, 2.75) is 17.9 Å². The number of halogens is 6. The summed E-state index contributed by atoms with van der Waals surface area (Å²) >= 11 is 8.64. The van der Waals surface area contributed by atoms with Crippen molar-refractivity contribution in [1.82, 2.24) is 0 Å². The highest BCUT2D eigenvalue weighted by atomic mass is 79.9. The van der Waals surface area contributed by atoms with Gasteiger partial charge < -0.3 is 4.90 Å². The van der Waals surface area contributed by atoms with E-state index in [0.29, 0.717) is 5.69 Å². The molecule has 1 unspecified atom stereocenters. The molecular formula is C11H11BrClF4N. The summed E-state index contributed by atoms with van der Waals surface area (Å²) < 4.78 is 52.2. The Morgan fingerprint density at radius 3 is 2.17 bits per heavy atom. The molecule has 0 saturated heterocycles. The van der Waals surface area contributed by atoms with Gasteiger partial charge in [0.1, 0.15) is 11.4 Å². The highest BCUT2D eigenvalue weighted by Gasteiger charge is 2.39. The molecule has 1 atom stereocenters. The Hall–Kier alpha value is -0.490. The number of benzene rings is 1. The van der Waals surface area contributed by atoms with E-state index >= 15 is 0 Å². The quantitative estimate of drug-likeness (QED) is 0.536. The predicted octanol–water partition coefficient (Wildman–Crippen LogP) is 5.02. The third-order valence-corrected chi connectivity index (χ3v) is 3.15. The number of alkyl halides is 4. The van der Waals surface area contributed by atoms with Gasteiger partial charge in [-0.2, -0.15) is 13.2 Å². The molecule has 0 amide bonds. The minimum absolute atomic E-state index is 0.0586. The van der Waals surface area contributed by atoms with E-state index in [4.69, 9.17) is 11.6 Å². The van der Waals surface area contributed by atoms with Gasteiger partial charge >= 0.3 is 6.18 Å². The lowest BCUT2D eigenvalue weighted by Gasteiger charge is -2.23. The van der Waals surface area contributed by atoms with Crippen LogP contribution in [0.4, 0.5) is 23.2 Å². The number of hydrogen-bond acceptors (Lipinski definition) is 1. The molecule has 0 saturated carbocycles. The first-order valence-electron chi connectivity index (χ1n) is 4.97. The number of rotatable bonds is 2. The molecule has 0 heterocycles. The Labute approximate surface area is 116 Å². The summed E-state index contributed by atoms with van der Waals surface area (Å²) in [5.74, 6) is -1.33. The van der Waals surface area contributed by atoms with Crippen LogP contribution in [0.2, 0.25) is 5.02 Å². The van der Waals surface area contributed by atoms with Crippen molar-refractivity contribution in [3.63, 3.8) is 0 Å². The van der Waals surface area contributed by atoms with Crippen LogP contribution in [0.1, 0.15) is 22.9 Å². The van der Waals surface area contributed by atoms with Gasteiger partial charge in [-0.1, -0.05) is 27.5 Å². The second kappa shape index (κ2) is 5.25. The molecule has 0 spiro atoms. The first-order chi connectivity index (χ1) is 8.07. The van der Waals surface area contributed by atoms with E-state index in [0.717, 1.165) is 6.07 Å². The van der Waals surface area contributed by atoms with Crippen molar-refractivity contribution in [1.29, 1.82) is 0 Å². The van der Waals surface area contributed by atoms with Crippen LogP contribution in [0, 0.1) is 5.82 Å². The second-order valence-corrected chi connectivity index (χ2v) is 5.77. The summed E-state index contributed by atoms with van der Waals surface area (Å²) in [6.45, 7) is 1.56. The molecule has 18 heavy (non-hydrogen) atoms. The Morgan fingerprint density at radius 1 is 1.33 bits per heavy atom. The lowest BCUT2D eigenvalue weighted by atomic mass is 10.0. The minimum Gasteiger partial charge on any atom is -0.377 e. The van der Waals surface area contributed by atoms with Gasteiger partial charge in [0.25, 0.3) is 0 Å². The van der Waals surface area contributed by atoms with E-state index < -0.39 is 27.4 Å². The van der Waals surface area contributed by atoms with Crippen molar-refractivity contribution in [3.05, 3.63) is 28.0 Å². The molecule has 0 fully saturated rings. The Balaban J connectivity index is 3.67. The maximum Gasteiger partial charge on any atom is 0.420 e. The molecular weight excluding hydrogens is 337 g/mol. The lowest BCUT2D eigenvalue weighted by Crippen LogP contribution is -2.17. The molecule has 1 aromatic rings. The molecule has 0 bridgehead atoms. The summed E-state index contributed by atoms with van der Waals surface area (Å²) in [4.78, 5) is 0.954. The fourth-order valence-corrected chi connectivity index (χ4v) is 2.36. The lowest BCUT2D eigenvalue weighted by molar-refractivity contribution is -0.139. The van der Waals surface area contributed by atoms with Crippen LogP contribution in [-0.2, 0) is 6.18 Å². The first-order valence-corrected chi connectivity index (χ1v) is 6.27. The van der Waals surface area contributed by atoms with Crippen molar-refractivity contribution < 1.29 is 17.6 Å². The zero-order chi connectivity index (χ0) is 14.2. The number of anilines is 1. The van der Waals surface area contributed by atoms with Gasteiger partial charge in [-0.15, -0.1) is 0 Å². The van der Waals surface area contributed by atoms with Crippen LogP contribution in [0.5, 0.6) is 0 Å². The summed E-state index contributed by atoms with van der Waals surface area (Å²) in [5, 5.41) is -0.638. The van der Waals surface area contributed by atoms with Gasteiger partial charge in [0.05, 0.1) is 5.02 Å². The zero-order valence-electron chi connectivity index (χ0n) is 9.87. The van der Waals surface area contributed by atoms with E-state index in [1.807, 2.05) is 0 Å². The van der Waals surface area contributed by atoms with E-state index in [2.05, 4.69) is 15.9 Å². The topological polar surface area (TPSA) is 3.24 Å². The Morgan fingerprint density at radius 2 is 1.83 bits per heavy atom. The summed E-state index contributed by atoms with van der Waals surface area (Å²) in [7, 11) is 3.22. The van der Waals surface area contributed by atoms with Gasteiger partial charge in [0.15, 0.2) is 0 Å². The smallest absolute Gasteiger partial charge is 0.377 e. The van der Waals surface area contributed by atoms with Crippen LogP contribution in [0.3, 0.4) is 0 Å². The maximum absolute atomic E-state index is 14.0. The van der Waals surface area contributed by atoms with Gasteiger partial charge in [-0.05, 0) is 13.0 Å². The number of hydrogen-bond donors (Lipinski definition) is 0. The molecule has 0 aliphatic carbocycles. The SMILES string of the molecule is CC(Br)c1c(N(C)C)cc(Cl)c(C(F)(F)F)c1F. The minimum atomic E-state index is -4.82. The van der Waals surface area contributed by atoms with E-state index in [-0.39, 0.29) is 5.56 Å². The fraction of sp³-hybridized carbons (Fsp3) is 0.455. The molecule has 0 aliphatic rings. The van der Waals surface area contributed by atoms with Crippen LogP contribution < -0.4 is 4.90 Å². The van der Waals surface area contributed by atoms with Crippen LogP contribution in [-0.4, -0.2) is 14.1 Å². The van der Waals surface area contributed by atoms with Gasteiger partial charge in [-0.25, -0.2) is 4.39 Å². The molecule has 0 N–H and O–H groups in total. The van der Waals surface area contributed by atoms with Gasteiger partial charge in [0.2, 0.25) is 0 Å². The standard InChI is InChI=1S/C11H11BrClF4N/c1-5(12)8-7(18(2)3)4-6(13)9(10(8)14)11(15,16)17/h4-5H,1-3H3. The molecule has 0 radical (unpaired) electrons. The maximum atomic E-state index is 14.0. The zero-order valence-corrected chi connectivity index (χ0v) is 12.2. The molecule has 0 aromatic heterocycles. The molecule has 1 rings (SSSR count). The van der Waals surface area contributed by atoms with Crippen LogP contribution in [0.15, 0.2) is 6.07 Å². The van der Waals surface area contributed by atoms with Gasteiger partial charge in [-0.3, -0.25) is 0 Å². The monoisotopic (exact) mass is 347 g/mol. The number of nitrogens with zero attached hydrogens (tertiary/aromatic N) is 1. The molecule has 1 nitrogen and oxygen atoms in total. The molecule has 0 aliphatic heterocycles. The Bertz CT molecular complexity index is 457. The third kappa shape index (κ3) is 2.91. The van der Waals surface area contributed by atoms with Crippen molar-refractivity contribution in [2.24, 2.45) is 0 Å². The highest BCUT2D eigenvalue weighted by molar-refractivity contribution is 9.09. The average molecular weight is 349 g/mol. The van der Waals surface area contributed by atoms with E-state index in [1.54, 1.807) is 21.0 Å². The summed E-state index contributed by atoms with van der Waals surface area (Å²) in [6.07, 6.45) is -4.82. The normalized spacial score (nSPS) is 13.6. The largest absolute Gasteiger partial charge is 0.420 e. The highest BCUT2D eigenvalue weighted by Crippen LogP contribution is 2.44. The molecule has 7 heteroatoms. The molecule has 1 aromatic carbocycles. The van der Waals surface area contributed by atoms with Crippen LogP contribution >= 0.6 is 27.5 Å². The van der Waals surface area contributed by atoms with Gasteiger partial charge in [0, 0.05) is 30.2 Å². The van der Waals surface area contributed by atoms with Crippen molar-refractivity contribution in [2.75, 3.05) is 19.0 Å². The van der Waals surface area contributed by atoms with E-state index in [9.17, 15) is 17.6 Å². The van der Waals surface area contributed by atoms with E-state index in [1.165, 1.54) is 4.90 Å². The van der Waals surface area contributed by atoms with Crippen LogP contribution in [0.25, 0.3) is 0 Å². The first kappa shape index (κ1) is 15.6. The average Bonchev–Trinajstić information content (AvgIpc) is 2.12. The van der Waals surface area contributed by atoms with Crippen molar-refractivity contribution in [3.8, 4) is 0 Å². The van der Waals surface area contributed by atoms with Crippen molar-refractivity contribution >= 4 is 33.2 Å². The Kier molecular flexibility index (Phi) is 4.54. The second-order valence-electron chi connectivity index (χ2n) is 3.99.